The van der Waals surface area contributed by atoms with Gasteiger partial charge in [0.1, 0.15) is 11.6 Å². The molecular weight excluding hydrogens is 286 g/mol. The lowest BCUT2D eigenvalue weighted by atomic mass is 10.1. The van der Waals surface area contributed by atoms with Crippen LogP contribution in [0.1, 0.15) is 33.6 Å². The Morgan fingerprint density at radius 1 is 1.50 bits per heavy atom. The van der Waals surface area contributed by atoms with Crippen molar-refractivity contribution in [2.24, 2.45) is 5.92 Å². The number of alkyl halides is 1. The van der Waals surface area contributed by atoms with E-state index in [9.17, 15) is 14.4 Å². The van der Waals surface area contributed by atoms with Crippen molar-refractivity contribution in [2.75, 3.05) is 12.4 Å². The van der Waals surface area contributed by atoms with Crippen LogP contribution in [-0.2, 0) is 19.1 Å². The number of likely N-dealkylation sites (tertiary alicyclic amines) is 1. The minimum Gasteiger partial charge on any atom is -0.481 e. The van der Waals surface area contributed by atoms with Crippen molar-refractivity contribution in [1.82, 2.24) is 4.90 Å². The largest absolute Gasteiger partial charge is 0.481 e. The first-order valence-electron chi connectivity index (χ1n) is 6.44. The van der Waals surface area contributed by atoms with E-state index in [1.807, 2.05) is 0 Å². The van der Waals surface area contributed by atoms with Gasteiger partial charge in [0.05, 0.1) is 6.42 Å². The van der Waals surface area contributed by atoms with Crippen molar-refractivity contribution in [1.29, 1.82) is 0 Å². The van der Waals surface area contributed by atoms with Crippen LogP contribution in [0.4, 0.5) is 0 Å². The van der Waals surface area contributed by atoms with Gasteiger partial charge in [0.15, 0.2) is 0 Å². The van der Waals surface area contributed by atoms with Crippen LogP contribution < -0.4 is 0 Å². The van der Waals surface area contributed by atoms with E-state index in [-0.39, 0.29) is 18.2 Å². The first-order chi connectivity index (χ1) is 9.14. The Morgan fingerprint density at radius 2 is 2.10 bits per heavy atom. The summed E-state index contributed by atoms with van der Waals surface area (Å²) in [6, 6.07) is -1.09. The maximum Gasteiger partial charge on any atom is 0.329 e. The number of amides is 1. The number of carbonyl (C=O) groups is 3. The Kier molecular flexibility index (Phi) is 5.39. The maximum absolute atomic E-state index is 12.1. The minimum atomic E-state index is -1.15. The van der Waals surface area contributed by atoms with Crippen molar-refractivity contribution in [3.05, 3.63) is 0 Å². The molecule has 1 unspecified atom stereocenters. The summed E-state index contributed by atoms with van der Waals surface area (Å²) in [5.41, 5.74) is -0.734. The third kappa shape index (κ3) is 4.67. The van der Waals surface area contributed by atoms with Crippen LogP contribution in [0.3, 0.4) is 0 Å². The molecule has 1 saturated heterocycles. The third-order valence-corrected chi connectivity index (χ3v) is 3.32. The van der Waals surface area contributed by atoms with Crippen LogP contribution in [0.15, 0.2) is 0 Å². The molecule has 1 aliphatic heterocycles. The van der Waals surface area contributed by atoms with Crippen LogP contribution in [0.25, 0.3) is 0 Å². The summed E-state index contributed by atoms with van der Waals surface area (Å²) in [5, 5.41) is 8.93. The highest BCUT2D eigenvalue weighted by atomic mass is 35.5. The van der Waals surface area contributed by atoms with E-state index in [1.54, 1.807) is 20.8 Å². The highest BCUT2D eigenvalue weighted by molar-refractivity contribution is 6.18. The number of hydrogen-bond acceptors (Lipinski definition) is 4. The van der Waals surface area contributed by atoms with Gasteiger partial charge in [-0.2, -0.15) is 0 Å². The molecule has 1 heterocycles. The second-order valence-electron chi connectivity index (χ2n) is 5.92. The molecule has 1 N–H and O–H groups in total. The normalized spacial score (nSPS) is 20.9. The Bertz CT molecular complexity index is 404. The van der Waals surface area contributed by atoms with E-state index in [0.717, 1.165) is 0 Å². The summed E-state index contributed by atoms with van der Waals surface area (Å²) in [4.78, 5) is 36.2. The average molecular weight is 306 g/mol. The van der Waals surface area contributed by atoms with Crippen molar-refractivity contribution in [3.8, 4) is 0 Å². The predicted octanol–water partition coefficient (Wildman–Crippen LogP) is 1.26. The summed E-state index contributed by atoms with van der Waals surface area (Å²) < 4.78 is 5.20. The zero-order valence-corrected chi connectivity index (χ0v) is 12.6. The number of rotatable bonds is 5. The fraction of sp³-hybridized carbons (Fsp3) is 0.769. The lowest BCUT2D eigenvalue weighted by Gasteiger charge is -2.29. The number of ether oxygens (including phenoxy) is 1. The number of carboxylic acid groups (broad SMARTS) is 1. The van der Waals surface area contributed by atoms with E-state index in [4.69, 9.17) is 21.4 Å². The second-order valence-corrected chi connectivity index (χ2v) is 6.23. The van der Waals surface area contributed by atoms with Gasteiger partial charge >= 0.3 is 11.9 Å². The van der Waals surface area contributed by atoms with Crippen molar-refractivity contribution in [2.45, 2.75) is 45.3 Å². The molecule has 0 spiro atoms. The van der Waals surface area contributed by atoms with E-state index in [1.165, 1.54) is 4.90 Å². The van der Waals surface area contributed by atoms with Gasteiger partial charge in [0.2, 0.25) is 5.91 Å². The number of aliphatic carboxylic acids is 1. The number of carbonyl (C=O) groups excluding carboxylic acids is 2. The molecule has 6 nitrogen and oxygen atoms in total. The molecule has 1 amide bonds. The standard InChI is InChI=1S/C13H20ClNO5/c1-13(2,3)20-12(19)9(5-11(17)18)15-7-8(6-14)4-10(15)16/h8-9H,4-7H2,1-3H3,(H,17,18)/t8?,9-/m0/s1. The molecular formula is C13H20ClNO5. The van der Waals surface area contributed by atoms with E-state index < -0.39 is 30.0 Å². The third-order valence-electron chi connectivity index (χ3n) is 2.88. The van der Waals surface area contributed by atoms with E-state index in [0.29, 0.717) is 12.4 Å². The highest BCUT2D eigenvalue weighted by Crippen LogP contribution is 2.24. The van der Waals surface area contributed by atoms with E-state index in [2.05, 4.69) is 0 Å². The van der Waals surface area contributed by atoms with Crippen LogP contribution in [0.2, 0.25) is 0 Å². The van der Waals surface area contributed by atoms with Crippen molar-refractivity contribution >= 4 is 29.4 Å². The summed E-state index contributed by atoms with van der Waals surface area (Å²) >= 11 is 5.72. The first-order valence-corrected chi connectivity index (χ1v) is 6.97. The molecule has 0 saturated carbocycles. The molecule has 114 valence electrons. The van der Waals surface area contributed by atoms with Gasteiger partial charge < -0.3 is 14.7 Å². The summed E-state index contributed by atoms with van der Waals surface area (Å²) in [7, 11) is 0. The van der Waals surface area contributed by atoms with Gasteiger partial charge in [-0.25, -0.2) is 4.79 Å². The second kappa shape index (κ2) is 6.43. The predicted molar refractivity (Wildman–Crippen MR) is 72.4 cm³/mol. The van der Waals surface area contributed by atoms with Crippen LogP contribution >= 0.6 is 11.6 Å². The van der Waals surface area contributed by atoms with Gasteiger partial charge in [0.25, 0.3) is 0 Å². The monoisotopic (exact) mass is 305 g/mol. The Hall–Kier alpha value is -1.30. The lowest BCUT2D eigenvalue weighted by Crippen LogP contribution is -2.46. The Labute approximate surface area is 123 Å². The quantitative estimate of drug-likeness (QED) is 0.610. The Morgan fingerprint density at radius 3 is 2.50 bits per heavy atom. The van der Waals surface area contributed by atoms with Crippen molar-refractivity contribution in [3.63, 3.8) is 0 Å². The van der Waals surface area contributed by atoms with Gasteiger partial charge in [-0.05, 0) is 26.7 Å². The zero-order chi connectivity index (χ0) is 15.5. The van der Waals surface area contributed by atoms with Gasteiger partial charge in [0, 0.05) is 18.8 Å². The molecule has 0 aromatic carbocycles. The molecule has 0 aromatic heterocycles. The van der Waals surface area contributed by atoms with E-state index >= 15 is 0 Å². The number of nitrogens with zero attached hydrogens (tertiary/aromatic N) is 1. The molecule has 0 radical (unpaired) electrons. The number of esters is 1. The molecule has 0 aliphatic carbocycles. The molecule has 20 heavy (non-hydrogen) atoms. The summed E-state index contributed by atoms with van der Waals surface area (Å²) in [6.07, 6.45) is -0.224. The van der Waals surface area contributed by atoms with Gasteiger partial charge in [-0.15, -0.1) is 11.6 Å². The minimum absolute atomic E-state index is 0.0529. The SMILES string of the molecule is CC(C)(C)OC(=O)[C@H](CC(=O)O)N1CC(CCl)CC1=O. The Balaban J connectivity index is 2.87. The molecule has 0 aromatic rings. The zero-order valence-electron chi connectivity index (χ0n) is 11.9. The van der Waals surface area contributed by atoms with Crippen LogP contribution in [-0.4, -0.2) is 51.9 Å². The molecule has 1 aliphatic rings. The smallest absolute Gasteiger partial charge is 0.329 e. The molecule has 1 fully saturated rings. The van der Waals surface area contributed by atoms with Gasteiger partial charge in [-0.1, -0.05) is 0 Å². The molecule has 7 heteroatoms. The van der Waals surface area contributed by atoms with Crippen molar-refractivity contribution < 1.29 is 24.2 Å². The highest BCUT2D eigenvalue weighted by Gasteiger charge is 2.40. The summed E-state index contributed by atoms with van der Waals surface area (Å²) in [6.45, 7) is 5.36. The first kappa shape index (κ1) is 16.8. The maximum atomic E-state index is 12.1. The number of carboxylic acids is 1. The average Bonchev–Trinajstić information content (AvgIpc) is 2.64. The van der Waals surface area contributed by atoms with Gasteiger partial charge in [-0.3, -0.25) is 9.59 Å². The van der Waals surface area contributed by atoms with Crippen LogP contribution in [0, 0.1) is 5.92 Å². The topological polar surface area (TPSA) is 83.9 Å². The fourth-order valence-electron chi connectivity index (χ4n) is 2.07. The number of hydrogen-bond donors (Lipinski definition) is 1. The van der Waals surface area contributed by atoms with Crippen LogP contribution in [0.5, 0.6) is 0 Å². The molecule has 0 bridgehead atoms. The number of halogens is 1. The fourth-order valence-corrected chi connectivity index (χ4v) is 2.28. The lowest BCUT2D eigenvalue weighted by molar-refractivity contribution is -0.166. The summed E-state index contributed by atoms with van der Waals surface area (Å²) in [5.74, 6) is -1.85. The molecule has 2 atom stereocenters. The molecule has 1 rings (SSSR count).